The zero-order valence-electron chi connectivity index (χ0n) is 15.3. The number of aromatic nitrogens is 2. The van der Waals surface area contributed by atoms with E-state index >= 15 is 0 Å². The normalized spacial score (nSPS) is 11.1. The van der Waals surface area contributed by atoms with Gasteiger partial charge in [-0.3, -0.25) is 4.79 Å². The highest BCUT2D eigenvalue weighted by molar-refractivity contribution is 6.01. The molecule has 1 N–H and O–H groups in total. The first-order valence-corrected chi connectivity index (χ1v) is 8.28. The van der Waals surface area contributed by atoms with Crippen LogP contribution >= 0.6 is 0 Å². The number of hydrogen-bond acceptors (Lipinski definition) is 5. The minimum atomic E-state index is -0.328. The third-order valence-corrected chi connectivity index (χ3v) is 4.06. The Kier molecular flexibility index (Phi) is 5.51. The number of benzene rings is 2. The SMILES string of the molecule is COc1ccc(C(=O)N/N=C(/C)c2ccc(-n3ccnc3)cc2)cc1OC. The Hall–Kier alpha value is -3.61. The summed E-state index contributed by atoms with van der Waals surface area (Å²) in [7, 11) is 3.07. The average Bonchev–Trinajstić information content (AvgIpc) is 3.26. The van der Waals surface area contributed by atoms with E-state index in [1.807, 2.05) is 42.0 Å². The summed E-state index contributed by atoms with van der Waals surface area (Å²) in [6.45, 7) is 1.83. The molecule has 3 aromatic rings. The van der Waals surface area contributed by atoms with Crippen molar-refractivity contribution >= 4 is 11.6 Å². The predicted octanol–water partition coefficient (Wildman–Crippen LogP) is 3.04. The van der Waals surface area contributed by atoms with Crippen LogP contribution in [0.15, 0.2) is 66.3 Å². The van der Waals surface area contributed by atoms with Crippen molar-refractivity contribution in [3.8, 4) is 17.2 Å². The van der Waals surface area contributed by atoms with Gasteiger partial charge in [0.2, 0.25) is 0 Å². The highest BCUT2D eigenvalue weighted by Gasteiger charge is 2.10. The fraction of sp³-hybridized carbons (Fsp3) is 0.150. The van der Waals surface area contributed by atoms with E-state index < -0.39 is 0 Å². The van der Waals surface area contributed by atoms with Crippen LogP contribution in [0.25, 0.3) is 5.69 Å². The van der Waals surface area contributed by atoms with E-state index in [2.05, 4.69) is 15.5 Å². The van der Waals surface area contributed by atoms with Crippen molar-refractivity contribution in [3.05, 3.63) is 72.3 Å². The number of amides is 1. The van der Waals surface area contributed by atoms with Gasteiger partial charge in [0.15, 0.2) is 11.5 Å². The van der Waals surface area contributed by atoms with E-state index in [0.717, 1.165) is 11.3 Å². The van der Waals surface area contributed by atoms with Crippen LogP contribution in [0.1, 0.15) is 22.8 Å². The second-order valence-electron chi connectivity index (χ2n) is 5.72. The Labute approximate surface area is 157 Å². The average molecular weight is 364 g/mol. The van der Waals surface area contributed by atoms with Crippen molar-refractivity contribution in [1.82, 2.24) is 15.0 Å². The molecule has 1 amide bonds. The predicted molar refractivity (Wildman–Crippen MR) is 103 cm³/mol. The number of nitrogens with one attached hydrogen (secondary N) is 1. The number of imidazole rings is 1. The molecule has 0 aliphatic carbocycles. The van der Waals surface area contributed by atoms with Gasteiger partial charge >= 0.3 is 0 Å². The van der Waals surface area contributed by atoms with Crippen molar-refractivity contribution in [3.63, 3.8) is 0 Å². The van der Waals surface area contributed by atoms with Gasteiger partial charge in [-0.2, -0.15) is 5.10 Å². The number of rotatable bonds is 6. The Balaban J connectivity index is 1.70. The molecular formula is C20H20N4O3. The van der Waals surface area contributed by atoms with E-state index in [4.69, 9.17) is 9.47 Å². The summed E-state index contributed by atoms with van der Waals surface area (Å²) in [5, 5.41) is 4.19. The van der Waals surface area contributed by atoms with Crippen LogP contribution < -0.4 is 14.9 Å². The van der Waals surface area contributed by atoms with Gasteiger partial charge in [0.25, 0.3) is 5.91 Å². The summed E-state index contributed by atoms with van der Waals surface area (Å²) in [4.78, 5) is 16.4. The number of carbonyl (C=O) groups is 1. The lowest BCUT2D eigenvalue weighted by molar-refractivity contribution is 0.0954. The molecule has 7 nitrogen and oxygen atoms in total. The number of nitrogens with zero attached hydrogens (tertiary/aromatic N) is 3. The van der Waals surface area contributed by atoms with Crippen LogP contribution in [-0.2, 0) is 0 Å². The fourth-order valence-electron chi connectivity index (χ4n) is 2.53. The molecule has 0 saturated carbocycles. The molecular weight excluding hydrogens is 344 g/mol. The van der Waals surface area contributed by atoms with Gasteiger partial charge < -0.3 is 14.0 Å². The van der Waals surface area contributed by atoms with E-state index in [1.54, 1.807) is 37.8 Å². The zero-order chi connectivity index (χ0) is 19.2. The highest BCUT2D eigenvalue weighted by atomic mass is 16.5. The maximum absolute atomic E-state index is 12.3. The lowest BCUT2D eigenvalue weighted by atomic mass is 10.1. The molecule has 0 atom stereocenters. The Bertz CT molecular complexity index is 948. The van der Waals surface area contributed by atoms with E-state index in [1.165, 1.54) is 7.11 Å². The van der Waals surface area contributed by atoms with Crippen molar-refractivity contribution in [2.75, 3.05) is 14.2 Å². The third-order valence-electron chi connectivity index (χ3n) is 4.06. The maximum atomic E-state index is 12.3. The minimum Gasteiger partial charge on any atom is -0.493 e. The van der Waals surface area contributed by atoms with Gasteiger partial charge in [-0.1, -0.05) is 12.1 Å². The molecule has 0 fully saturated rings. The first-order chi connectivity index (χ1) is 13.1. The van der Waals surface area contributed by atoms with Crippen LogP contribution in [0.4, 0.5) is 0 Å². The molecule has 0 unspecified atom stereocenters. The topological polar surface area (TPSA) is 77.7 Å². The number of ether oxygens (including phenoxy) is 2. The molecule has 0 spiro atoms. The van der Waals surface area contributed by atoms with Crippen molar-refractivity contribution < 1.29 is 14.3 Å². The Morgan fingerprint density at radius 2 is 1.74 bits per heavy atom. The highest BCUT2D eigenvalue weighted by Crippen LogP contribution is 2.27. The second-order valence-corrected chi connectivity index (χ2v) is 5.72. The van der Waals surface area contributed by atoms with Gasteiger partial charge in [0, 0.05) is 23.6 Å². The van der Waals surface area contributed by atoms with Gasteiger partial charge in [-0.25, -0.2) is 10.4 Å². The van der Waals surface area contributed by atoms with Gasteiger partial charge in [-0.05, 0) is 42.8 Å². The standard InChI is InChI=1S/C20H20N4O3/c1-14(15-4-7-17(8-5-15)24-11-10-21-13-24)22-23-20(25)16-6-9-18(26-2)19(12-16)27-3/h4-13H,1-3H3,(H,23,25)/b22-14-. The maximum Gasteiger partial charge on any atom is 0.271 e. The summed E-state index contributed by atoms with van der Waals surface area (Å²) in [5.41, 5.74) is 5.60. The number of hydrazone groups is 1. The molecule has 27 heavy (non-hydrogen) atoms. The molecule has 7 heteroatoms. The lowest BCUT2D eigenvalue weighted by Crippen LogP contribution is -2.19. The number of carbonyl (C=O) groups excluding carboxylic acids is 1. The number of hydrogen-bond donors (Lipinski definition) is 1. The van der Waals surface area contributed by atoms with Crippen LogP contribution in [0.2, 0.25) is 0 Å². The van der Waals surface area contributed by atoms with Crippen LogP contribution in [-0.4, -0.2) is 35.4 Å². The molecule has 0 aliphatic heterocycles. The Morgan fingerprint density at radius 3 is 2.37 bits per heavy atom. The largest absolute Gasteiger partial charge is 0.493 e. The summed E-state index contributed by atoms with van der Waals surface area (Å²) in [6, 6.07) is 12.8. The molecule has 0 aliphatic rings. The second kappa shape index (κ2) is 8.18. The van der Waals surface area contributed by atoms with Crippen molar-refractivity contribution in [2.24, 2.45) is 5.10 Å². The van der Waals surface area contributed by atoms with Crippen molar-refractivity contribution in [1.29, 1.82) is 0 Å². The third kappa shape index (κ3) is 4.14. The molecule has 0 saturated heterocycles. The van der Waals surface area contributed by atoms with E-state index in [0.29, 0.717) is 22.8 Å². The van der Waals surface area contributed by atoms with E-state index in [-0.39, 0.29) is 5.91 Å². The molecule has 0 radical (unpaired) electrons. The van der Waals surface area contributed by atoms with Gasteiger partial charge in [0.05, 0.1) is 26.3 Å². The quantitative estimate of drug-likeness (QED) is 0.539. The first-order valence-electron chi connectivity index (χ1n) is 8.28. The Morgan fingerprint density at radius 1 is 1.04 bits per heavy atom. The van der Waals surface area contributed by atoms with E-state index in [9.17, 15) is 4.79 Å². The summed E-state index contributed by atoms with van der Waals surface area (Å²) < 4.78 is 12.3. The van der Waals surface area contributed by atoms with Crippen molar-refractivity contribution in [2.45, 2.75) is 6.92 Å². The zero-order valence-corrected chi connectivity index (χ0v) is 15.3. The molecule has 3 rings (SSSR count). The van der Waals surface area contributed by atoms with Gasteiger partial charge in [0.1, 0.15) is 0 Å². The van der Waals surface area contributed by atoms with Gasteiger partial charge in [-0.15, -0.1) is 0 Å². The first kappa shape index (κ1) is 18.2. The number of methoxy groups -OCH3 is 2. The van der Waals surface area contributed by atoms with Crippen LogP contribution in [0.3, 0.4) is 0 Å². The lowest BCUT2D eigenvalue weighted by Gasteiger charge is -2.09. The molecule has 138 valence electrons. The fourth-order valence-corrected chi connectivity index (χ4v) is 2.53. The van der Waals surface area contributed by atoms with Crippen LogP contribution in [0, 0.1) is 0 Å². The smallest absolute Gasteiger partial charge is 0.271 e. The minimum absolute atomic E-state index is 0.328. The summed E-state index contributed by atoms with van der Waals surface area (Å²) in [6.07, 6.45) is 5.34. The summed E-state index contributed by atoms with van der Waals surface area (Å²) in [5.74, 6) is 0.720. The molecule has 1 heterocycles. The summed E-state index contributed by atoms with van der Waals surface area (Å²) >= 11 is 0. The molecule has 2 aromatic carbocycles. The van der Waals surface area contributed by atoms with Crippen LogP contribution in [0.5, 0.6) is 11.5 Å². The molecule has 1 aromatic heterocycles. The monoisotopic (exact) mass is 364 g/mol. The molecule has 0 bridgehead atoms.